The van der Waals surface area contributed by atoms with Gasteiger partial charge in [-0.15, -0.1) is 0 Å². The van der Waals surface area contributed by atoms with Crippen molar-refractivity contribution >= 4 is 39.1 Å². The number of benzene rings is 1. The third-order valence-corrected chi connectivity index (χ3v) is 8.27. The maximum atomic E-state index is 14.3. The zero-order valence-corrected chi connectivity index (χ0v) is 18.6. The fourth-order valence-corrected chi connectivity index (χ4v) is 6.45. The highest BCUT2D eigenvalue weighted by molar-refractivity contribution is 7.89. The lowest BCUT2D eigenvalue weighted by atomic mass is 10.2. The van der Waals surface area contributed by atoms with Crippen molar-refractivity contribution in [2.24, 2.45) is 5.73 Å². The van der Waals surface area contributed by atoms with Gasteiger partial charge in [0.25, 0.3) is 0 Å². The van der Waals surface area contributed by atoms with E-state index in [0.29, 0.717) is 19.5 Å². The molecule has 9 nitrogen and oxygen atoms in total. The van der Waals surface area contributed by atoms with Crippen molar-refractivity contribution in [2.45, 2.75) is 42.3 Å². The molecule has 0 aromatic heterocycles. The standard InChI is InChI=1S/C19H25ClFN5O4S/c1-24-9-13-7-12(24)10-26(13)19(28)14(8-22)23-31(29,30)16-6-11(21)5-15(18(16)20)25-4-2-3-17(25)27/h5-6,12-14,23H,2-4,7-10,22H2,1H3/t12-,13-,14-/m0/s1. The van der Waals surface area contributed by atoms with Crippen molar-refractivity contribution in [3.63, 3.8) is 0 Å². The second kappa shape index (κ2) is 8.28. The van der Waals surface area contributed by atoms with Crippen LogP contribution in [-0.4, -0.2) is 81.4 Å². The smallest absolute Gasteiger partial charge is 0.243 e. The van der Waals surface area contributed by atoms with Crippen molar-refractivity contribution in [1.82, 2.24) is 14.5 Å². The molecule has 0 aliphatic carbocycles. The van der Waals surface area contributed by atoms with E-state index in [1.54, 1.807) is 4.90 Å². The van der Waals surface area contributed by atoms with Crippen LogP contribution in [0.2, 0.25) is 5.02 Å². The Labute approximate surface area is 185 Å². The van der Waals surface area contributed by atoms with E-state index < -0.39 is 32.7 Å². The quantitative estimate of drug-likeness (QED) is 0.606. The molecule has 0 unspecified atom stereocenters. The lowest BCUT2D eigenvalue weighted by Crippen LogP contribution is -2.56. The molecule has 170 valence electrons. The highest BCUT2D eigenvalue weighted by Gasteiger charge is 2.45. The number of hydrogen-bond donors (Lipinski definition) is 2. The minimum Gasteiger partial charge on any atom is -0.335 e. The number of amides is 2. The van der Waals surface area contributed by atoms with Crippen LogP contribution in [0.1, 0.15) is 19.3 Å². The van der Waals surface area contributed by atoms with Gasteiger partial charge in [-0.2, -0.15) is 4.72 Å². The summed E-state index contributed by atoms with van der Waals surface area (Å²) in [5.41, 5.74) is 5.72. The number of rotatable bonds is 6. The number of likely N-dealkylation sites (tertiary alicyclic amines) is 2. The van der Waals surface area contributed by atoms with E-state index in [0.717, 1.165) is 25.1 Å². The molecule has 3 saturated heterocycles. The summed E-state index contributed by atoms with van der Waals surface area (Å²) in [4.78, 5) is 29.6. The minimum atomic E-state index is -4.39. The Morgan fingerprint density at radius 3 is 2.65 bits per heavy atom. The first kappa shape index (κ1) is 22.4. The van der Waals surface area contributed by atoms with E-state index in [9.17, 15) is 22.4 Å². The van der Waals surface area contributed by atoms with E-state index in [2.05, 4.69) is 9.62 Å². The SMILES string of the molecule is CN1C[C@@H]2C[C@H]1CN2C(=O)[C@H](CN)NS(=O)(=O)c1cc(F)cc(N2CCCC2=O)c1Cl. The van der Waals surface area contributed by atoms with Crippen LogP contribution in [0.3, 0.4) is 0 Å². The van der Waals surface area contributed by atoms with Gasteiger partial charge in [0, 0.05) is 44.7 Å². The van der Waals surface area contributed by atoms with Crippen LogP contribution >= 0.6 is 11.6 Å². The summed E-state index contributed by atoms with van der Waals surface area (Å²) >= 11 is 6.30. The molecule has 2 bridgehead atoms. The average molecular weight is 474 g/mol. The normalized spacial score (nSPS) is 25.0. The van der Waals surface area contributed by atoms with Crippen LogP contribution in [0, 0.1) is 5.82 Å². The summed E-state index contributed by atoms with van der Waals surface area (Å²) in [7, 11) is -2.40. The van der Waals surface area contributed by atoms with Crippen molar-refractivity contribution in [3.8, 4) is 0 Å². The zero-order valence-electron chi connectivity index (χ0n) is 17.1. The fourth-order valence-electron chi connectivity index (χ4n) is 4.63. The lowest BCUT2D eigenvalue weighted by molar-refractivity contribution is -0.134. The first-order valence-electron chi connectivity index (χ1n) is 10.1. The van der Waals surface area contributed by atoms with Crippen molar-refractivity contribution in [2.75, 3.05) is 38.1 Å². The van der Waals surface area contributed by atoms with Gasteiger partial charge in [0.1, 0.15) is 16.8 Å². The number of nitrogens with zero attached hydrogens (tertiary/aromatic N) is 3. The average Bonchev–Trinajstić information content (AvgIpc) is 3.42. The van der Waals surface area contributed by atoms with Crippen molar-refractivity contribution < 1.29 is 22.4 Å². The molecule has 3 aliphatic heterocycles. The number of halogens is 2. The second-order valence-electron chi connectivity index (χ2n) is 8.27. The predicted octanol–water partition coefficient (Wildman–Crippen LogP) is 0.126. The number of carbonyl (C=O) groups is 2. The summed E-state index contributed by atoms with van der Waals surface area (Å²) in [6.45, 7) is 1.31. The largest absolute Gasteiger partial charge is 0.335 e. The van der Waals surface area contributed by atoms with Crippen LogP contribution in [-0.2, 0) is 19.6 Å². The molecule has 12 heteroatoms. The number of nitrogens with one attached hydrogen (secondary N) is 1. The highest BCUT2D eigenvalue weighted by Crippen LogP contribution is 2.36. The summed E-state index contributed by atoms with van der Waals surface area (Å²) < 4.78 is 42.7. The van der Waals surface area contributed by atoms with E-state index in [4.69, 9.17) is 17.3 Å². The monoisotopic (exact) mass is 473 g/mol. The van der Waals surface area contributed by atoms with Gasteiger partial charge in [-0.05, 0) is 32.0 Å². The molecule has 3 heterocycles. The predicted molar refractivity (Wildman–Crippen MR) is 113 cm³/mol. The van der Waals surface area contributed by atoms with Gasteiger partial charge in [-0.3, -0.25) is 14.5 Å². The molecule has 3 atom stereocenters. The van der Waals surface area contributed by atoms with Gasteiger partial charge < -0.3 is 15.5 Å². The summed E-state index contributed by atoms with van der Waals surface area (Å²) in [5, 5.41) is -0.269. The summed E-state index contributed by atoms with van der Waals surface area (Å²) in [6.07, 6.45) is 1.70. The first-order valence-corrected chi connectivity index (χ1v) is 12.0. The van der Waals surface area contributed by atoms with Crippen LogP contribution < -0.4 is 15.4 Å². The van der Waals surface area contributed by atoms with Gasteiger partial charge in [0.2, 0.25) is 21.8 Å². The number of likely N-dealkylation sites (N-methyl/N-ethyl adjacent to an activating group) is 1. The number of fused-ring (bicyclic) bond motifs is 2. The first-order chi connectivity index (χ1) is 14.6. The maximum Gasteiger partial charge on any atom is 0.243 e. The van der Waals surface area contributed by atoms with Crippen LogP contribution in [0.4, 0.5) is 10.1 Å². The molecule has 2 amide bonds. The molecule has 31 heavy (non-hydrogen) atoms. The number of nitrogens with two attached hydrogens (primary N) is 1. The van der Waals surface area contributed by atoms with Crippen LogP contribution in [0.25, 0.3) is 0 Å². The lowest BCUT2D eigenvalue weighted by Gasteiger charge is -2.34. The number of carbonyl (C=O) groups excluding carboxylic acids is 2. The topological polar surface area (TPSA) is 116 Å². The Morgan fingerprint density at radius 2 is 2.10 bits per heavy atom. The Bertz CT molecular complexity index is 1020. The molecule has 3 N–H and O–H groups in total. The fraction of sp³-hybridized carbons (Fsp3) is 0.579. The highest BCUT2D eigenvalue weighted by atomic mass is 35.5. The molecule has 1 aromatic rings. The van der Waals surface area contributed by atoms with Crippen LogP contribution in [0.15, 0.2) is 17.0 Å². The van der Waals surface area contributed by atoms with E-state index >= 15 is 0 Å². The van der Waals surface area contributed by atoms with Gasteiger partial charge in [-0.1, -0.05) is 11.6 Å². The van der Waals surface area contributed by atoms with E-state index in [1.807, 2.05) is 7.05 Å². The molecule has 3 aliphatic rings. The molecule has 0 saturated carbocycles. The van der Waals surface area contributed by atoms with Gasteiger partial charge in [0.15, 0.2) is 0 Å². The number of sulfonamides is 1. The third-order valence-electron chi connectivity index (χ3n) is 6.27. The number of piperazine rings is 1. The molecular weight excluding hydrogens is 449 g/mol. The van der Waals surface area contributed by atoms with E-state index in [1.165, 1.54) is 4.90 Å². The molecule has 4 rings (SSSR count). The molecule has 0 spiro atoms. The summed E-state index contributed by atoms with van der Waals surface area (Å²) in [5.74, 6) is -1.52. The maximum absolute atomic E-state index is 14.3. The summed E-state index contributed by atoms with van der Waals surface area (Å²) in [6, 6.07) is 0.882. The second-order valence-corrected chi connectivity index (χ2v) is 10.3. The Morgan fingerprint density at radius 1 is 1.35 bits per heavy atom. The van der Waals surface area contributed by atoms with Crippen LogP contribution in [0.5, 0.6) is 0 Å². The van der Waals surface area contributed by atoms with Gasteiger partial charge in [-0.25, -0.2) is 12.8 Å². The Kier molecular flexibility index (Phi) is 5.99. The molecular formula is C19H25ClFN5O4S. The minimum absolute atomic E-state index is 0.0000524. The molecule has 3 fully saturated rings. The third kappa shape index (κ3) is 4.05. The van der Waals surface area contributed by atoms with Crippen molar-refractivity contribution in [1.29, 1.82) is 0 Å². The zero-order chi connectivity index (χ0) is 22.5. The number of anilines is 1. The molecule has 1 aromatic carbocycles. The van der Waals surface area contributed by atoms with Gasteiger partial charge in [0.05, 0.1) is 10.7 Å². The molecule has 0 radical (unpaired) electrons. The van der Waals surface area contributed by atoms with E-state index in [-0.39, 0.29) is 41.7 Å². The van der Waals surface area contributed by atoms with Crippen molar-refractivity contribution in [3.05, 3.63) is 23.0 Å². The Hall–Kier alpha value is -1.79. The van der Waals surface area contributed by atoms with Gasteiger partial charge >= 0.3 is 0 Å². The number of hydrogen-bond acceptors (Lipinski definition) is 6. The Balaban J connectivity index is 1.59.